The fraction of sp³-hybridized carbons (Fsp3) is 0.333. The summed E-state index contributed by atoms with van der Waals surface area (Å²) in [6.07, 6.45) is 0. The summed E-state index contributed by atoms with van der Waals surface area (Å²) >= 11 is 0. The predicted molar refractivity (Wildman–Crippen MR) is 75.0 cm³/mol. The molecule has 1 aromatic carbocycles. The fourth-order valence-electron chi connectivity index (χ4n) is 2.16. The second-order valence-corrected chi connectivity index (χ2v) is 4.77. The van der Waals surface area contributed by atoms with Crippen molar-refractivity contribution in [1.82, 2.24) is 15.1 Å². The quantitative estimate of drug-likeness (QED) is 0.917. The van der Waals surface area contributed by atoms with Gasteiger partial charge in [-0.1, -0.05) is 18.2 Å². The van der Waals surface area contributed by atoms with Crippen LogP contribution in [-0.2, 0) is 13.6 Å². The number of aryl methyl sites for hydroxylation is 3. The second-order valence-electron chi connectivity index (χ2n) is 4.77. The highest BCUT2D eigenvalue weighted by Gasteiger charge is 2.12. The first-order valence-corrected chi connectivity index (χ1v) is 6.33. The van der Waals surface area contributed by atoms with Gasteiger partial charge in [-0.3, -0.25) is 9.48 Å². The monoisotopic (exact) mass is 257 g/mol. The largest absolute Gasteiger partial charge is 0.348 e. The lowest BCUT2D eigenvalue weighted by atomic mass is 10.1. The van der Waals surface area contributed by atoms with Crippen LogP contribution in [0.25, 0.3) is 0 Å². The molecule has 19 heavy (non-hydrogen) atoms. The summed E-state index contributed by atoms with van der Waals surface area (Å²) in [5.41, 5.74) is 4.85. The van der Waals surface area contributed by atoms with Crippen molar-refractivity contribution in [2.24, 2.45) is 7.05 Å². The molecule has 0 saturated heterocycles. The average molecular weight is 257 g/mol. The van der Waals surface area contributed by atoms with Crippen molar-refractivity contribution in [2.45, 2.75) is 27.3 Å². The van der Waals surface area contributed by atoms with Crippen LogP contribution < -0.4 is 5.32 Å². The Kier molecular flexibility index (Phi) is 3.69. The second kappa shape index (κ2) is 5.26. The van der Waals surface area contributed by atoms with E-state index in [4.69, 9.17) is 0 Å². The van der Waals surface area contributed by atoms with Gasteiger partial charge in [0, 0.05) is 30.4 Å². The highest BCUT2D eigenvalue weighted by atomic mass is 16.1. The number of rotatable bonds is 3. The van der Waals surface area contributed by atoms with Gasteiger partial charge in [0.2, 0.25) is 0 Å². The molecule has 0 bridgehead atoms. The number of hydrogen-bond donors (Lipinski definition) is 1. The minimum atomic E-state index is -0.0410. The zero-order chi connectivity index (χ0) is 14.0. The number of carbonyl (C=O) groups excluding carboxylic acids is 1. The summed E-state index contributed by atoms with van der Waals surface area (Å²) in [6, 6.07) is 7.59. The van der Waals surface area contributed by atoms with Gasteiger partial charge in [0.1, 0.15) is 0 Å². The molecule has 0 aliphatic carbocycles. The Balaban J connectivity index is 2.11. The van der Waals surface area contributed by atoms with Crippen LogP contribution >= 0.6 is 0 Å². The number of aromatic nitrogens is 2. The summed E-state index contributed by atoms with van der Waals surface area (Å²) in [5, 5.41) is 7.30. The van der Waals surface area contributed by atoms with E-state index in [1.807, 2.05) is 56.8 Å². The highest BCUT2D eigenvalue weighted by Crippen LogP contribution is 2.12. The van der Waals surface area contributed by atoms with Crippen LogP contribution in [0.1, 0.15) is 32.9 Å². The molecule has 0 spiro atoms. The van der Waals surface area contributed by atoms with Crippen molar-refractivity contribution < 1.29 is 4.79 Å². The summed E-state index contributed by atoms with van der Waals surface area (Å²) in [4.78, 5) is 12.1. The Bertz CT molecular complexity index is 614. The van der Waals surface area contributed by atoms with Crippen molar-refractivity contribution in [1.29, 1.82) is 0 Å². The molecule has 1 heterocycles. The zero-order valence-electron chi connectivity index (χ0n) is 11.8. The summed E-state index contributed by atoms with van der Waals surface area (Å²) in [7, 11) is 1.91. The maximum absolute atomic E-state index is 12.1. The first-order chi connectivity index (χ1) is 9.00. The van der Waals surface area contributed by atoms with Gasteiger partial charge < -0.3 is 5.32 Å². The van der Waals surface area contributed by atoms with Crippen molar-refractivity contribution in [3.8, 4) is 0 Å². The SMILES string of the molecule is Cc1ccccc1C(=O)NCc1c(C)nn(C)c1C. The maximum atomic E-state index is 12.1. The number of nitrogens with one attached hydrogen (secondary N) is 1. The van der Waals surface area contributed by atoms with E-state index in [2.05, 4.69) is 10.4 Å². The average Bonchev–Trinajstić information content (AvgIpc) is 2.61. The van der Waals surface area contributed by atoms with Crippen LogP contribution in [-0.4, -0.2) is 15.7 Å². The van der Waals surface area contributed by atoms with Crippen molar-refractivity contribution >= 4 is 5.91 Å². The third kappa shape index (κ3) is 2.67. The topological polar surface area (TPSA) is 46.9 Å². The van der Waals surface area contributed by atoms with E-state index < -0.39 is 0 Å². The smallest absolute Gasteiger partial charge is 0.251 e. The Morgan fingerprint density at radius 2 is 1.95 bits per heavy atom. The zero-order valence-corrected chi connectivity index (χ0v) is 11.8. The van der Waals surface area contributed by atoms with E-state index in [1.165, 1.54) is 0 Å². The third-order valence-electron chi connectivity index (χ3n) is 3.47. The molecule has 2 aromatic rings. The Hall–Kier alpha value is -2.10. The van der Waals surface area contributed by atoms with Crippen LogP contribution in [0.4, 0.5) is 0 Å². The predicted octanol–water partition coefficient (Wildman–Crippen LogP) is 2.28. The fourth-order valence-corrected chi connectivity index (χ4v) is 2.16. The molecule has 1 aromatic heterocycles. The number of amides is 1. The molecule has 0 atom stereocenters. The molecule has 0 unspecified atom stereocenters. The van der Waals surface area contributed by atoms with Gasteiger partial charge in [-0.05, 0) is 32.4 Å². The molecule has 0 aliphatic heterocycles. The lowest BCUT2D eigenvalue weighted by Crippen LogP contribution is -2.24. The van der Waals surface area contributed by atoms with Crippen LogP contribution in [0.2, 0.25) is 0 Å². The van der Waals surface area contributed by atoms with Gasteiger partial charge in [-0.25, -0.2) is 0 Å². The molecule has 4 nitrogen and oxygen atoms in total. The Morgan fingerprint density at radius 3 is 2.53 bits per heavy atom. The van der Waals surface area contributed by atoms with Gasteiger partial charge in [-0.15, -0.1) is 0 Å². The lowest BCUT2D eigenvalue weighted by Gasteiger charge is -2.08. The molecule has 4 heteroatoms. The molecule has 0 aliphatic rings. The number of benzene rings is 1. The summed E-state index contributed by atoms with van der Waals surface area (Å²) in [5.74, 6) is -0.0410. The maximum Gasteiger partial charge on any atom is 0.251 e. The van der Waals surface area contributed by atoms with Gasteiger partial charge in [-0.2, -0.15) is 5.10 Å². The first-order valence-electron chi connectivity index (χ1n) is 6.33. The van der Waals surface area contributed by atoms with Crippen LogP contribution in [0, 0.1) is 20.8 Å². The minimum Gasteiger partial charge on any atom is -0.348 e. The van der Waals surface area contributed by atoms with Crippen molar-refractivity contribution in [3.63, 3.8) is 0 Å². The molecule has 2 rings (SSSR count). The van der Waals surface area contributed by atoms with Gasteiger partial charge in [0.05, 0.1) is 5.69 Å². The first kappa shape index (κ1) is 13.3. The highest BCUT2D eigenvalue weighted by molar-refractivity contribution is 5.95. The normalized spacial score (nSPS) is 10.5. The third-order valence-corrected chi connectivity index (χ3v) is 3.47. The van der Waals surface area contributed by atoms with E-state index in [1.54, 1.807) is 0 Å². The molecule has 0 saturated carbocycles. The summed E-state index contributed by atoms with van der Waals surface area (Å²) < 4.78 is 1.84. The molecular weight excluding hydrogens is 238 g/mol. The standard InChI is InChI=1S/C15H19N3O/c1-10-7-5-6-8-13(10)15(19)16-9-14-11(2)17-18(4)12(14)3/h5-8H,9H2,1-4H3,(H,16,19). The van der Waals surface area contributed by atoms with E-state index in [-0.39, 0.29) is 5.91 Å². The number of hydrogen-bond acceptors (Lipinski definition) is 2. The van der Waals surface area contributed by atoms with Crippen molar-refractivity contribution in [3.05, 3.63) is 52.3 Å². The van der Waals surface area contributed by atoms with E-state index in [0.29, 0.717) is 6.54 Å². The molecule has 0 fully saturated rings. The Morgan fingerprint density at radius 1 is 1.26 bits per heavy atom. The van der Waals surface area contributed by atoms with Crippen molar-refractivity contribution in [2.75, 3.05) is 0 Å². The molecule has 1 N–H and O–H groups in total. The number of nitrogens with zero attached hydrogens (tertiary/aromatic N) is 2. The lowest BCUT2D eigenvalue weighted by molar-refractivity contribution is 0.0950. The van der Waals surface area contributed by atoms with Gasteiger partial charge >= 0.3 is 0 Å². The molecule has 100 valence electrons. The number of carbonyl (C=O) groups is 1. The van der Waals surface area contributed by atoms with E-state index in [0.717, 1.165) is 28.1 Å². The van der Waals surface area contributed by atoms with Crippen LogP contribution in [0.3, 0.4) is 0 Å². The molecule has 0 radical (unpaired) electrons. The summed E-state index contributed by atoms with van der Waals surface area (Å²) in [6.45, 7) is 6.42. The van der Waals surface area contributed by atoms with E-state index >= 15 is 0 Å². The Labute approximate surface area is 113 Å². The van der Waals surface area contributed by atoms with Crippen LogP contribution in [0.5, 0.6) is 0 Å². The van der Waals surface area contributed by atoms with Gasteiger partial charge in [0.25, 0.3) is 5.91 Å². The molecular formula is C15H19N3O. The van der Waals surface area contributed by atoms with Crippen LogP contribution in [0.15, 0.2) is 24.3 Å². The molecule has 1 amide bonds. The minimum absolute atomic E-state index is 0.0410. The van der Waals surface area contributed by atoms with E-state index in [9.17, 15) is 4.79 Å². The van der Waals surface area contributed by atoms with Gasteiger partial charge in [0.15, 0.2) is 0 Å².